The van der Waals surface area contributed by atoms with Crippen LogP contribution in [0, 0.1) is 0 Å². The Bertz CT molecular complexity index is 3180. The standard InChI is InChI=1S/C52H34N2O/c1-4-15-35(16-5-1)41-24-14-25-46-48-34-47(42-21-10-11-23-45(42)52(48)55-51(41)46)36-27-29-39(30-28-36)53(37-17-6-2-7-18-37)40-31-32-44-43-22-12-13-26-49(43)54(50(44)33-40)38-19-8-3-9-20-38/h1-34H. The molecule has 0 bridgehead atoms. The van der Waals surface area contributed by atoms with Gasteiger partial charge < -0.3 is 13.9 Å². The molecule has 9 aromatic carbocycles. The first-order valence-electron chi connectivity index (χ1n) is 18.8. The van der Waals surface area contributed by atoms with Crippen molar-refractivity contribution in [3.8, 4) is 27.9 Å². The van der Waals surface area contributed by atoms with Crippen molar-refractivity contribution in [3.63, 3.8) is 0 Å². The van der Waals surface area contributed by atoms with E-state index >= 15 is 0 Å². The Hall–Kier alpha value is -7.36. The second kappa shape index (κ2) is 12.6. The van der Waals surface area contributed by atoms with Gasteiger partial charge in [-0.25, -0.2) is 0 Å². The van der Waals surface area contributed by atoms with Gasteiger partial charge in [-0.2, -0.15) is 0 Å². The van der Waals surface area contributed by atoms with Crippen molar-refractivity contribution in [3.05, 3.63) is 206 Å². The van der Waals surface area contributed by atoms with E-state index in [1.165, 1.54) is 32.8 Å². The summed E-state index contributed by atoms with van der Waals surface area (Å²) in [5.41, 5.74) is 13.2. The minimum absolute atomic E-state index is 0.920. The number of nitrogens with zero attached hydrogens (tertiary/aromatic N) is 2. The molecule has 0 aliphatic heterocycles. The third kappa shape index (κ3) is 5.05. The SMILES string of the molecule is c1ccc(-c2cccc3c2oc2c4ccccc4c(-c4ccc(N(c5ccccc5)c5ccc6c7ccccc7n(-c7ccccc7)c6c5)cc4)cc32)cc1. The van der Waals surface area contributed by atoms with E-state index in [0.29, 0.717) is 0 Å². The van der Waals surface area contributed by atoms with E-state index in [1.807, 2.05) is 0 Å². The second-order valence-electron chi connectivity index (χ2n) is 14.1. The number of furan rings is 1. The predicted octanol–water partition coefficient (Wildman–Crippen LogP) is 14.6. The average Bonchev–Trinajstić information content (AvgIpc) is 3.81. The third-order valence-corrected chi connectivity index (χ3v) is 11.0. The molecule has 0 spiro atoms. The number of aromatic nitrogens is 1. The van der Waals surface area contributed by atoms with E-state index in [2.05, 4.69) is 216 Å². The van der Waals surface area contributed by atoms with Gasteiger partial charge in [-0.1, -0.05) is 146 Å². The fraction of sp³-hybridized carbons (Fsp3) is 0. The highest BCUT2D eigenvalue weighted by Gasteiger charge is 2.20. The summed E-state index contributed by atoms with van der Waals surface area (Å²) in [6.07, 6.45) is 0. The molecular weight excluding hydrogens is 669 g/mol. The molecule has 0 amide bonds. The number of para-hydroxylation sites is 4. The Labute approximate surface area is 318 Å². The molecule has 258 valence electrons. The summed E-state index contributed by atoms with van der Waals surface area (Å²) >= 11 is 0. The number of fused-ring (bicyclic) bond motifs is 8. The lowest BCUT2D eigenvalue weighted by Gasteiger charge is -2.26. The zero-order valence-corrected chi connectivity index (χ0v) is 29.9. The maximum absolute atomic E-state index is 6.77. The summed E-state index contributed by atoms with van der Waals surface area (Å²) in [6.45, 7) is 0. The maximum Gasteiger partial charge on any atom is 0.143 e. The smallest absolute Gasteiger partial charge is 0.143 e. The van der Waals surface area contributed by atoms with Crippen molar-refractivity contribution >= 4 is 71.6 Å². The molecule has 0 atom stereocenters. The largest absolute Gasteiger partial charge is 0.455 e. The van der Waals surface area contributed by atoms with Crippen molar-refractivity contribution in [2.24, 2.45) is 0 Å². The lowest BCUT2D eigenvalue weighted by Crippen LogP contribution is -2.10. The van der Waals surface area contributed by atoms with Crippen LogP contribution in [0.3, 0.4) is 0 Å². The van der Waals surface area contributed by atoms with E-state index in [0.717, 1.165) is 66.8 Å². The second-order valence-corrected chi connectivity index (χ2v) is 14.1. The highest BCUT2D eigenvalue weighted by Crippen LogP contribution is 2.44. The molecule has 0 saturated heterocycles. The molecule has 0 aliphatic carbocycles. The van der Waals surface area contributed by atoms with Gasteiger partial charge in [-0.3, -0.25) is 0 Å². The zero-order valence-electron chi connectivity index (χ0n) is 29.9. The Balaban J connectivity index is 1.07. The molecule has 3 nitrogen and oxygen atoms in total. The number of hydrogen-bond donors (Lipinski definition) is 0. The van der Waals surface area contributed by atoms with Crippen LogP contribution in [0.25, 0.3) is 82.5 Å². The van der Waals surface area contributed by atoms with Gasteiger partial charge in [0.25, 0.3) is 0 Å². The van der Waals surface area contributed by atoms with Gasteiger partial charge in [0.1, 0.15) is 11.2 Å². The monoisotopic (exact) mass is 702 g/mol. The molecule has 55 heavy (non-hydrogen) atoms. The molecule has 11 rings (SSSR count). The average molecular weight is 703 g/mol. The summed E-state index contributed by atoms with van der Waals surface area (Å²) in [4.78, 5) is 2.35. The van der Waals surface area contributed by atoms with Gasteiger partial charge in [0.05, 0.1) is 11.0 Å². The number of hydrogen-bond acceptors (Lipinski definition) is 2. The molecule has 0 unspecified atom stereocenters. The van der Waals surface area contributed by atoms with E-state index in [9.17, 15) is 0 Å². The Morgan fingerprint density at radius 1 is 0.327 bits per heavy atom. The quantitative estimate of drug-likeness (QED) is 0.172. The van der Waals surface area contributed by atoms with Crippen LogP contribution in [0.1, 0.15) is 0 Å². The van der Waals surface area contributed by atoms with Crippen molar-refractivity contribution in [1.82, 2.24) is 4.57 Å². The molecule has 0 N–H and O–H groups in total. The molecule has 0 radical (unpaired) electrons. The van der Waals surface area contributed by atoms with E-state index in [1.54, 1.807) is 0 Å². The highest BCUT2D eigenvalue weighted by atomic mass is 16.3. The van der Waals surface area contributed by atoms with Crippen molar-refractivity contribution < 1.29 is 4.42 Å². The van der Waals surface area contributed by atoms with Gasteiger partial charge in [0.2, 0.25) is 0 Å². The molecule has 0 aliphatic rings. The summed E-state index contributed by atoms with van der Waals surface area (Å²) in [7, 11) is 0. The highest BCUT2D eigenvalue weighted by molar-refractivity contribution is 6.20. The first-order chi connectivity index (χ1) is 27.3. The molecule has 0 saturated carbocycles. The van der Waals surface area contributed by atoms with Crippen molar-refractivity contribution in [2.75, 3.05) is 4.90 Å². The first-order valence-corrected chi connectivity index (χ1v) is 18.8. The number of benzene rings is 9. The summed E-state index contributed by atoms with van der Waals surface area (Å²) in [5, 5.41) is 7.01. The molecular formula is C52H34N2O. The van der Waals surface area contributed by atoms with Crippen LogP contribution in [-0.4, -0.2) is 4.57 Å². The Morgan fingerprint density at radius 2 is 0.891 bits per heavy atom. The van der Waals surface area contributed by atoms with Crippen molar-refractivity contribution in [1.29, 1.82) is 0 Å². The molecule has 0 fully saturated rings. The van der Waals surface area contributed by atoms with Crippen LogP contribution >= 0.6 is 0 Å². The van der Waals surface area contributed by atoms with Crippen molar-refractivity contribution in [2.45, 2.75) is 0 Å². The van der Waals surface area contributed by atoms with Gasteiger partial charge in [0, 0.05) is 55.2 Å². The molecule has 2 heterocycles. The Kier molecular flexibility index (Phi) is 7.17. The topological polar surface area (TPSA) is 21.3 Å². The maximum atomic E-state index is 6.77. The minimum Gasteiger partial charge on any atom is -0.455 e. The van der Waals surface area contributed by atoms with E-state index in [-0.39, 0.29) is 0 Å². The normalized spacial score (nSPS) is 11.6. The van der Waals surface area contributed by atoms with Crippen LogP contribution in [0.2, 0.25) is 0 Å². The predicted molar refractivity (Wildman–Crippen MR) is 231 cm³/mol. The molecule has 3 heteroatoms. The van der Waals surface area contributed by atoms with Crippen LogP contribution in [0.4, 0.5) is 17.1 Å². The van der Waals surface area contributed by atoms with Gasteiger partial charge in [-0.15, -0.1) is 0 Å². The van der Waals surface area contributed by atoms with Crippen LogP contribution < -0.4 is 4.90 Å². The minimum atomic E-state index is 0.920. The number of rotatable bonds is 6. The molecule has 2 aromatic heterocycles. The lowest BCUT2D eigenvalue weighted by molar-refractivity contribution is 0.674. The number of anilines is 3. The zero-order chi connectivity index (χ0) is 36.3. The van der Waals surface area contributed by atoms with Crippen LogP contribution in [0.15, 0.2) is 211 Å². The summed E-state index contributed by atoms with van der Waals surface area (Å²) in [6, 6.07) is 73.8. The lowest BCUT2D eigenvalue weighted by atomic mass is 9.94. The summed E-state index contributed by atoms with van der Waals surface area (Å²) < 4.78 is 9.15. The van der Waals surface area contributed by atoms with Gasteiger partial charge in [-0.05, 0) is 82.7 Å². The van der Waals surface area contributed by atoms with Gasteiger partial charge in [0.15, 0.2) is 0 Å². The van der Waals surface area contributed by atoms with Crippen LogP contribution in [0.5, 0.6) is 0 Å². The van der Waals surface area contributed by atoms with Crippen LogP contribution in [-0.2, 0) is 0 Å². The fourth-order valence-corrected chi connectivity index (χ4v) is 8.47. The van der Waals surface area contributed by atoms with E-state index < -0.39 is 0 Å². The first kappa shape index (κ1) is 31.2. The molecule has 11 aromatic rings. The summed E-state index contributed by atoms with van der Waals surface area (Å²) in [5.74, 6) is 0. The van der Waals surface area contributed by atoms with E-state index in [4.69, 9.17) is 4.42 Å². The third-order valence-electron chi connectivity index (χ3n) is 11.0. The fourth-order valence-electron chi connectivity index (χ4n) is 8.47. The van der Waals surface area contributed by atoms with Gasteiger partial charge >= 0.3 is 0 Å². The Morgan fingerprint density at radius 3 is 1.67 bits per heavy atom.